The van der Waals surface area contributed by atoms with Crippen LogP contribution in [0.2, 0.25) is 0 Å². The number of cyclic esters (lactones) is 1. The zero-order valence-electron chi connectivity index (χ0n) is 16.1. The molecule has 1 fully saturated rings. The molecule has 0 unspecified atom stereocenters. The fraction of sp³-hybridized carbons (Fsp3) is 0.500. The maximum atomic E-state index is 12.3. The van der Waals surface area contributed by atoms with Gasteiger partial charge in [-0.05, 0) is 37.5 Å². The van der Waals surface area contributed by atoms with Gasteiger partial charge in [-0.1, -0.05) is 44.1 Å². The molecular formula is C22H28O5. The molecule has 27 heavy (non-hydrogen) atoms. The molecule has 1 aliphatic carbocycles. The van der Waals surface area contributed by atoms with Crippen molar-refractivity contribution in [3.63, 3.8) is 0 Å². The van der Waals surface area contributed by atoms with Crippen LogP contribution < -0.4 is 0 Å². The van der Waals surface area contributed by atoms with Crippen LogP contribution in [0, 0.1) is 0 Å². The quantitative estimate of drug-likeness (QED) is 0.263. The first kappa shape index (κ1) is 20.9. The Morgan fingerprint density at radius 3 is 2.81 bits per heavy atom. The number of hydrogen-bond acceptors (Lipinski definition) is 5. The van der Waals surface area contributed by atoms with Crippen LogP contribution >= 0.6 is 0 Å². The Labute approximate surface area is 160 Å². The molecule has 2 atom stereocenters. The number of unbranched alkanes of at least 4 members (excludes halogenated alkanes) is 3. The third kappa shape index (κ3) is 6.05. The van der Waals surface area contributed by atoms with E-state index in [4.69, 9.17) is 9.47 Å². The van der Waals surface area contributed by atoms with E-state index in [1.54, 1.807) is 24.3 Å². The lowest BCUT2D eigenvalue weighted by Gasteiger charge is -2.27. The number of ketones is 1. The summed E-state index contributed by atoms with van der Waals surface area (Å²) in [6.07, 6.45) is 17.9. The molecule has 0 aromatic heterocycles. The Morgan fingerprint density at radius 2 is 2.15 bits per heavy atom. The molecule has 1 aliphatic heterocycles. The average Bonchev–Trinajstić information content (AvgIpc) is 3.16. The molecule has 0 amide bonds. The van der Waals surface area contributed by atoms with Crippen molar-refractivity contribution >= 4 is 17.7 Å². The number of esters is 2. The summed E-state index contributed by atoms with van der Waals surface area (Å²) in [7, 11) is 0. The van der Waals surface area contributed by atoms with Crippen molar-refractivity contribution in [2.45, 2.75) is 70.5 Å². The summed E-state index contributed by atoms with van der Waals surface area (Å²) in [6, 6.07) is 0. The Kier molecular flexibility index (Phi) is 7.77. The van der Waals surface area contributed by atoms with Crippen molar-refractivity contribution in [1.29, 1.82) is 0 Å². The summed E-state index contributed by atoms with van der Waals surface area (Å²) in [5.41, 5.74) is -0.655. The van der Waals surface area contributed by atoms with Crippen LogP contribution in [-0.2, 0) is 23.9 Å². The molecule has 1 heterocycles. The van der Waals surface area contributed by atoms with E-state index < -0.39 is 11.6 Å². The second kappa shape index (κ2) is 10.0. The second-order valence-electron chi connectivity index (χ2n) is 6.88. The number of carbonyl (C=O) groups is 3. The van der Waals surface area contributed by atoms with Gasteiger partial charge in [-0.25, -0.2) is 0 Å². The lowest BCUT2D eigenvalue weighted by Crippen LogP contribution is -2.33. The van der Waals surface area contributed by atoms with E-state index in [0.29, 0.717) is 24.8 Å². The van der Waals surface area contributed by atoms with E-state index in [9.17, 15) is 14.4 Å². The molecule has 0 aromatic rings. The highest BCUT2D eigenvalue weighted by Gasteiger charge is 2.41. The van der Waals surface area contributed by atoms with Crippen LogP contribution in [0.1, 0.15) is 58.8 Å². The molecule has 2 rings (SSSR count). The van der Waals surface area contributed by atoms with Crippen LogP contribution in [0.3, 0.4) is 0 Å². The number of ether oxygens (including phenoxy) is 2. The van der Waals surface area contributed by atoms with Gasteiger partial charge < -0.3 is 9.47 Å². The van der Waals surface area contributed by atoms with Crippen molar-refractivity contribution in [3.8, 4) is 0 Å². The monoisotopic (exact) mass is 372 g/mol. The number of hydrogen-bond donors (Lipinski definition) is 0. The predicted molar refractivity (Wildman–Crippen MR) is 103 cm³/mol. The Hall–Kier alpha value is -2.43. The standard InChI is InChI=1S/C22H28O5/c1-3-4-5-6-7-8-15-22(27-17(2)23)16-14-20(24)19(22)11-9-10-18-12-13-21(25)26-18/h7-11,14,16,18H,3-6,12-13,15H2,1-2H3/b8-7-,10-9+,19-11?/t18-,22-/m0/s1. The van der Waals surface area contributed by atoms with Crippen LogP contribution in [0.15, 0.2) is 48.1 Å². The molecule has 5 nitrogen and oxygen atoms in total. The van der Waals surface area contributed by atoms with Gasteiger partial charge in [0.25, 0.3) is 0 Å². The molecular weight excluding hydrogens is 344 g/mol. The Bertz CT molecular complexity index is 683. The number of carbonyl (C=O) groups excluding carboxylic acids is 3. The zero-order chi connectivity index (χ0) is 19.7. The van der Waals surface area contributed by atoms with E-state index in [2.05, 4.69) is 13.0 Å². The first-order valence-corrected chi connectivity index (χ1v) is 9.63. The van der Waals surface area contributed by atoms with Gasteiger partial charge in [0.2, 0.25) is 0 Å². The molecule has 0 N–H and O–H groups in total. The van der Waals surface area contributed by atoms with Gasteiger partial charge in [0.15, 0.2) is 11.4 Å². The highest BCUT2D eigenvalue weighted by Crippen LogP contribution is 2.34. The topological polar surface area (TPSA) is 69.7 Å². The zero-order valence-corrected chi connectivity index (χ0v) is 16.1. The van der Waals surface area contributed by atoms with Crippen LogP contribution in [-0.4, -0.2) is 29.4 Å². The summed E-state index contributed by atoms with van der Waals surface area (Å²) in [5.74, 6) is -0.824. The molecule has 1 saturated heterocycles. The van der Waals surface area contributed by atoms with Crippen molar-refractivity contribution in [2.75, 3.05) is 0 Å². The Balaban J connectivity index is 2.11. The minimum atomic E-state index is -1.07. The van der Waals surface area contributed by atoms with Gasteiger partial charge in [0, 0.05) is 25.3 Å². The van der Waals surface area contributed by atoms with Gasteiger partial charge in [-0.2, -0.15) is 0 Å². The molecule has 0 saturated carbocycles. The molecule has 5 heteroatoms. The molecule has 0 spiro atoms. The van der Waals surface area contributed by atoms with Crippen LogP contribution in [0.5, 0.6) is 0 Å². The lowest BCUT2D eigenvalue weighted by atomic mass is 9.91. The highest BCUT2D eigenvalue weighted by molar-refractivity contribution is 6.09. The third-order valence-electron chi connectivity index (χ3n) is 4.62. The Morgan fingerprint density at radius 1 is 1.33 bits per heavy atom. The minimum absolute atomic E-state index is 0.177. The van der Waals surface area contributed by atoms with Gasteiger partial charge in [0.05, 0.1) is 0 Å². The van der Waals surface area contributed by atoms with E-state index in [1.807, 2.05) is 6.08 Å². The van der Waals surface area contributed by atoms with Crippen LogP contribution in [0.4, 0.5) is 0 Å². The molecule has 0 radical (unpaired) electrons. The van der Waals surface area contributed by atoms with E-state index >= 15 is 0 Å². The smallest absolute Gasteiger partial charge is 0.306 e. The summed E-state index contributed by atoms with van der Waals surface area (Å²) in [4.78, 5) is 35.2. The molecule has 0 bridgehead atoms. The normalized spacial score (nSPS) is 26.6. The van der Waals surface area contributed by atoms with Crippen molar-refractivity contribution in [2.24, 2.45) is 0 Å². The first-order chi connectivity index (χ1) is 13.0. The van der Waals surface area contributed by atoms with E-state index in [0.717, 1.165) is 19.3 Å². The van der Waals surface area contributed by atoms with Gasteiger partial charge in [-0.15, -0.1) is 0 Å². The highest BCUT2D eigenvalue weighted by atomic mass is 16.6. The summed E-state index contributed by atoms with van der Waals surface area (Å²) >= 11 is 0. The number of rotatable bonds is 9. The summed E-state index contributed by atoms with van der Waals surface area (Å²) < 4.78 is 10.7. The molecule has 0 aromatic carbocycles. The molecule has 2 aliphatic rings. The maximum Gasteiger partial charge on any atom is 0.306 e. The first-order valence-electron chi connectivity index (χ1n) is 9.63. The largest absolute Gasteiger partial charge is 0.458 e. The van der Waals surface area contributed by atoms with Gasteiger partial charge in [-0.3, -0.25) is 14.4 Å². The third-order valence-corrected chi connectivity index (χ3v) is 4.62. The van der Waals surface area contributed by atoms with Crippen molar-refractivity contribution < 1.29 is 23.9 Å². The van der Waals surface area contributed by atoms with Crippen LogP contribution in [0.25, 0.3) is 0 Å². The van der Waals surface area contributed by atoms with Gasteiger partial charge in [0.1, 0.15) is 6.10 Å². The van der Waals surface area contributed by atoms with E-state index in [-0.39, 0.29) is 17.9 Å². The fourth-order valence-electron chi connectivity index (χ4n) is 3.23. The minimum Gasteiger partial charge on any atom is -0.458 e. The summed E-state index contributed by atoms with van der Waals surface area (Å²) in [5, 5.41) is 0. The average molecular weight is 372 g/mol. The summed E-state index contributed by atoms with van der Waals surface area (Å²) in [6.45, 7) is 3.50. The lowest BCUT2D eigenvalue weighted by molar-refractivity contribution is -0.149. The fourth-order valence-corrected chi connectivity index (χ4v) is 3.23. The second-order valence-corrected chi connectivity index (χ2v) is 6.88. The van der Waals surface area contributed by atoms with E-state index in [1.165, 1.54) is 19.4 Å². The van der Waals surface area contributed by atoms with Crippen molar-refractivity contribution in [3.05, 3.63) is 48.1 Å². The van der Waals surface area contributed by atoms with Gasteiger partial charge >= 0.3 is 11.9 Å². The van der Waals surface area contributed by atoms with Crippen molar-refractivity contribution in [1.82, 2.24) is 0 Å². The molecule has 146 valence electrons. The SMILES string of the molecule is CCCCC/C=C\C[C@]1(OC(C)=O)C=CC(=O)C1=C/C=C/[C@H]1CCC(=O)O1. The number of allylic oxidation sites excluding steroid dienone is 4. The maximum absolute atomic E-state index is 12.3. The predicted octanol–water partition coefficient (Wildman–Crippen LogP) is 4.14.